The Morgan fingerprint density at radius 3 is 2.64 bits per heavy atom. The number of benzene rings is 3. The van der Waals surface area contributed by atoms with Crippen molar-refractivity contribution in [3.63, 3.8) is 0 Å². The normalized spacial score (nSPS) is 10.4. The Morgan fingerprint density at radius 1 is 1.14 bits per heavy atom. The van der Waals surface area contributed by atoms with Gasteiger partial charge in [-0.1, -0.05) is 23.7 Å². The molecule has 0 unspecified atom stereocenters. The maximum Gasteiger partial charge on any atom is 0.259 e. The van der Waals surface area contributed by atoms with E-state index in [1.165, 1.54) is 37.4 Å². The van der Waals surface area contributed by atoms with Crippen molar-refractivity contribution in [1.29, 1.82) is 0 Å². The van der Waals surface area contributed by atoms with E-state index in [9.17, 15) is 14.3 Å². The fourth-order valence-electron chi connectivity index (χ4n) is 2.51. The molecule has 0 atom stereocenters. The monoisotopic (exact) mass is 401 g/mol. The predicted molar refractivity (Wildman–Crippen MR) is 105 cm³/mol. The van der Waals surface area contributed by atoms with Gasteiger partial charge in [-0.25, -0.2) is 4.39 Å². The molecule has 5 nitrogen and oxygen atoms in total. The molecule has 0 aromatic heterocycles. The Labute approximate surface area is 166 Å². The number of hydrogen-bond donors (Lipinski definition) is 2. The van der Waals surface area contributed by atoms with Crippen molar-refractivity contribution in [2.24, 2.45) is 0 Å². The van der Waals surface area contributed by atoms with E-state index in [0.29, 0.717) is 22.7 Å². The quantitative estimate of drug-likeness (QED) is 0.608. The van der Waals surface area contributed by atoms with Crippen LogP contribution in [0.1, 0.15) is 15.9 Å². The van der Waals surface area contributed by atoms with E-state index in [4.69, 9.17) is 21.1 Å². The summed E-state index contributed by atoms with van der Waals surface area (Å²) >= 11 is 6.21. The lowest BCUT2D eigenvalue weighted by Crippen LogP contribution is -2.12. The lowest BCUT2D eigenvalue weighted by Gasteiger charge is -2.11. The molecule has 0 aliphatic rings. The number of methoxy groups -OCH3 is 1. The number of phenols is 1. The van der Waals surface area contributed by atoms with Crippen molar-refractivity contribution in [2.45, 2.75) is 6.61 Å². The first-order valence-corrected chi connectivity index (χ1v) is 8.69. The largest absolute Gasteiger partial charge is 0.507 e. The second-order valence-corrected chi connectivity index (χ2v) is 6.31. The molecule has 3 rings (SSSR count). The van der Waals surface area contributed by atoms with Crippen LogP contribution >= 0.6 is 11.6 Å². The minimum atomic E-state index is -0.496. The van der Waals surface area contributed by atoms with Gasteiger partial charge in [0.05, 0.1) is 17.7 Å². The van der Waals surface area contributed by atoms with E-state index in [2.05, 4.69) is 5.32 Å². The summed E-state index contributed by atoms with van der Waals surface area (Å²) in [5.74, 6) is -0.192. The lowest BCUT2D eigenvalue weighted by molar-refractivity contribution is 0.102. The first-order valence-electron chi connectivity index (χ1n) is 8.31. The Kier molecular flexibility index (Phi) is 6.01. The molecule has 0 spiro atoms. The molecule has 0 heterocycles. The van der Waals surface area contributed by atoms with Gasteiger partial charge in [-0.3, -0.25) is 4.79 Å². The zero-order chi connectivity index (χ0) is 20.1. The summed E-state index contributed by atoms with van der Waals surface area (Å²) in [6, 6.07) is 15.2. The Bertz CT molecular complexity index is 1010. The Hall–Kier alpha value is -3.25. The molecule has 0 radical (unpaired) electrons. The lowest BCUT2D eigenvalue weighted by atomic mass is 10.1. The van der Waals surface area contributed by atoms with Crippen molar-refractivity contribution in [3.8, 4) is 17.2 Å². The number of hydrogen-bond acceptors (Lipinski definition) is 4. The van der Waals surface area contributed by atoms with Crippen LogP contribution in [0.15, 0.2) is 60.7 Å². The SMILES string of the molecule is COc1ccc(C(=O)Nc2ccc(OCc3cccc(F)c3)c(Cl)c2)c(O)c1. The van der Waals surface area contributed by atoms with Crippen molar-refractivity contribution >= 4 is 23.2 Å². The minimum absolute atomic E-state index is 0.100. The van der Waals surface area contributed by atoms with Crippen LogP contribution in [0.3, 0.4) is 0 Å². The average Bonchev–Trinajstić information content (AvgIpc) is 2.67. The summed E-state index contributed by atoms with van der Waals surface area (Å²) in [4.78, 5) is 12.4. The highest BCUT2D eigenvalue weighted by Crippen LogP contribution is 2.29. The molecule has 2 N–H and O–H groups in total. The standard InChI is InChI=1S/C21H17ClFNO4/c1-27-16-6-7-17(19(25)11-16)21(26)24-15-5-8-20(18(22)10-15)28-12-13-3-2-4-14(23)9-13/h2-11,25H,12H2,1H3,(H,24,26). The molecule has 0 saturated heterocycles. The van der Waals surface area contributed by atoms with Crippen LogP contribution in [0.25, 0.3) is 0 Å². The van der Waals surface area contributed by atoms with Gasteiger partial charge < -0.3 is 19.9 Å². The van der Waals surface area contributed by atoms with E-state index in [1.54, 1.807) is 30.3 Å². The second kappa shape index (κ2) is 8.63. The summed E-state index contributed by atoms with van der Waals surface area (Å²) in [6.45, 7) is 0.156. The predicted octanol–water partition coefficient (Wildman–Crippen LogP) is 5.02. The number of carbonyl (C=O) groups excluding carboxylic acids is 1. The van der Waals surface area contributed by atoms with Crippen LogP contribution in [-0.4, -0.2) is 18.1 Å². The molecule has 1 amide bonds. The first-order chi connectivity index (χ1) is 13.5. The van der Waals surface area contributed by atoms with Gasteiger partial charge in [0.25, 0.3) is 5.91 Å². The third kappa shape index (κ3) is 4.72. The minimum Gasteiger partial charge on any atom is -0.507 e. The smallest absolute Gasteiger partial charge is 0.259 e. The number of carbonyl (C=O) groups is 1. The van der Waals surface area contributed by atoms with Gasteiger partial charge >= 0.3 is 0 Å². The molecule has 0 aliphatic heterocycles. The van der Waals surface area contributed by atoms with Gasteiger partial charge in [0.2, 0.25) is 0 Å². The fourth-order valence-corrected chi connectivity index (χ4v) is 2.75. The summed E-state index contributed by atoms with van der Waals surface area (Å²) in [6.07, 6.45) is 0. The fraction of sp³-hybridized carbons (Fsp3) is 0.0952. The van der Waals surface area contributed by atoms with Crippen molar-refractivity contribution in [3.05, 3.63) is 82.6 Å². The van der Waals surface area contributed by atoms with Gasteiger partial charge in [0.15, 0.2) is 0 Å². The third-order valence-electron chi connectivity index (χ3n) is 3.92. The zero-order valence-electron chi connectivity index (χ0n) is 14.9. The molecule has 7 heteroatoms. The number of aromatic hydroxyl groups is 1. The second-order valence-electron chi connectivity index (χ2n) is 5.90. The summed E-state index contributed by atoms with van der Waals surface area (Å²) in [5.41, 5.74) is 1.20. The molecule has 0 bridgehead atoms. The molecule has 0 fully saturated rings. The van der Waals surface area contributed by atoms with E-state index >= 15 is 0 Å². The molecule has 3 aromatic carbocycles. The van der Waals surface area contributed by atoms with Crippen LogP contribution < -0.4 is 14.8 Å². The van der Waals surface area contributed by atoms with Crippen LogP contribution in [0.5, 0.6) is 17.2 Å². The van der Waals surface area contributed by atoms with Crippen molar-refractivity contribution < 1.29 is 23.8 Å². The summed E-state index contributed by atoms with van der Waals surface area (Å²) in [5, 5.41) is 12.9. The molecule has 0 aliphatic carbocycles. The summed E-state index contributed by atoms with van der Waals surface area (Å²) in [7, 11) is 1.47. The van der Waals surface area contributed by atoms with Crippen molar-refractivity contribution in [2.75, 3.05) is 12.4 Å². The number of halogens is 2. The number of ether oxygens (including phenoxy) is 2. The molecular formula is C21H17ClFNO4. The van der Waals surface area contributed by atoms with Crippen molar-refractivity contribution in [1.82, 2.24) is 0 Å². The highest BCUT2D eigenvalue weighted by atomic mass is 35.5. The number of nitrogens with one attached hydrogen (secondary N) is 1. The van der Waals surface area contributed by atoms with Gasteiger partial charge in [-0.15, -0.1) is 0 Å². The molecule has 144 valence electrons. The molecule has 3 aromatic rings. The number of rotatable bonds is 6. The van der Waals surface area contributed by atoms with Crippen LogP contribution in [0, 0.1) is 5.82 Å². The molecular weight excluding hydrogens is 385 g/mol. The average molecular weight is 402 g/mol. The molecule has 0 saturated carbocycles. The first kappa shape index (κ1) is 19.5. The maximum absolute atomic E-state index is 13.2. The van der Waals surface area contributed by atoms with Crippen LogP contribution in [0.4, 0.5) is 10.1 Å². The number of phenolic OH excluding ortho intramolecular Hbond substituents is 1. The third-order valence-corrected chi connectivity index (χ3v) is 4.22. The highest BCUT2D eigenvalue weighted by Gasteiger charge is 2.13. The number of anilines is 1. The molecule has 28 heavy (non-hydrogen) atoms. The Balaban J connectivity index is 1.67. The van der Waals surface area contributed by atoms with Gasteiger partial charge in [0.1, 0.15) is 29.7 Å². The van der Waals surface area contributed by atoms with Gasteiger partial charge in [-0.2, -0.15) is 0 Å². The Morgan fingerprint density at radius 2 is 1.96 bits per heavy atom. The maximum atomic E-state index is 13.2. The number of amides is 1. The van der Waals surface area contributed by atoms with Gasteiger partial charge in [0, 0.05) is 11.8 Å². The highest BCUT2D eigenvalue weighted by molar-refractivity contribution is 6.32. The van der Waals surface area contributed by atoms with E-state index in [-0.39, 0.29) is 28.8 Å². The summed E-state index contributed by atoms with van der Waals surface area (Å²) < 4.78 is 23.8. The van der Waals surface area contributed by atoms with Crippen LogP contribution in [-0.2, 0) is 6.61 Å². The zero-order valence-corrected chi connectivity index (χ0v) is 15.7. The van der Waals surface area contributed by atoms with Crippen LogP contribution in [0.2, 0.25) is 5.02 Å². The van der Waals surface area contributed by atoms with E-state index in [1.807, 2.05) is 0 Å². The van der Waals surface area contributed by atoms with Gasteiger partial charge in [-0.05, 0) is 48.0 Å². The van der Waals surface area contributed by atoms with E-state index < -0.39 is 5.91 Å². The van der Waals surface area contributed by atoms with E-state index in [0.717, 1.165) is 0 Å². The topological polar surface area (TPSA) is 67.8 Å².